The molecule has 3 rings (SSSR count). The van der Waals surface area contributed by atoms with Crippen molar-refractivity contribution in [2.45, 2.75) is 11.7 Å². The maximum absolute atomic E-state index is 12.2. The molecule has 0 aliphatic carbocycles. The number of halogens is 2. The first kappa shape index (κ1) is 23.1. The van der Waals surface area contributed by atoms with Crippen LogP contribution in [0.3, 0.4) is 0 Å². The van der Waals surface area contributed by atoms with Gasteiger partial charge in [-0.1, -0.05) is 63.6 Å². The van der Waals surface area contributed by atoms with E-state index < -0.39 is 0 Å². The fraction of sp³-hybridized carbons (Fsp3) is 0.143. The fourth-order valence-electron chi connectivity index (χ4n) is 2.52. The maximum atomic E-state index is 12.2. The number of carbonyl (C=O) groups excluding carboxylic acids is 2. The number of hydrogen-bond donors (Lipinski definition) is 2. The molecule has 3 aromatic rings. The largest absolute Gasteiger partial charge is 0.345 e. The van der Waals surface area contributed by atoms with Crippen molar-refractivity contribution < 1.29 is 9.59 Å². The van der Waals surface area contributed by atoms with Gasteiger partial charge in [-0.05, 0) is 35.9 Å². The predicted octanol–water partition coefficient (Wildman–Crippen LogP) is 4.29. The summed E-state index contributed by atoms with van der Waals surface area (Å²) in [5.74, 6) is 0.344. The smallest absolute Gasteiger partial charge is 0.244 e. The Bertz CT molecular complexity index is 1120. The molecule has 0 saturated carbocycles. The van der Waals surface area contributed by atoms with Crippen LogP contribution in [-0.2, 0) is 23.2 Å². The number of rotatable bonds is 8. The van der Waals surface area contributed by atoms with Gasteiger partial charge in [-0.25, -0.2) is 0 Å². The molecule has 0 aliphatic heterocycles. The van der Waals surface area contributed by atoms with E-state index in [0.29, 0.717) is 21.7 Å². The standard InChI is InChI=1S/C21H19BrClN5O2S/c1-28-18(12-24-19(29)10-9-14-5-2-3-8-17(14)23)26-27-21(28)31-13-20(30)25-16-7-4-6-15(22)11-16/h2-11H,12-13H2,1H3,(H,24,29)(H,25,30)/b10-9+. The lowest BCUT2D eigenvalue weighted by molar-refractivity contribution is -0.116. The van der Waals surface area contributed by atoms with E-state index in [1.807, 2.05) is 42.5 Å². The molecule has 10 heteroatoms. The summed E-state index contributed by atoms with van der Waals surface area (Å²) in [5, 5.41) is 14.9. The molecular weight excluding hydrogens is 502 g/mol. The van der Waals surface area contributed by atoms with Crippen molar-refractivity contribution in [2.75, 3.05) is 11.1 Å². The van der Waals surface area contributed by atoms with Crippen molar-refractivity contribution in [2.24, 2.45) is 7.05 Å². The van der Waals surface area contributed by atoms with Crippen molar-refractivity contribution in [1.82, 2.24) is 20.1 Å². The number of anilines is 1. The van der Waals surface area contributed by atoms with E-state index in [1.54, 1.807) is 23.8 Å². The highest BCUT2D eigenvalue weighted by Gasteiger charge is 2.12. The minimum absolute atomic E-state index is 0.148. The summed E-state index contributed by atoms with van der Waals surface area (Å²) in [5.41, 5.74) is 1.48. The average molecular weight is 521 g/mol. The van der Waals surface area contributed by atoms with E-state index in [9.17, 15) is 9.59 Å². The lowest BCUT2D eigenvalue weighted by atomic mass is 10.2. The molecule has 2 aromatic carbocycles. The summed E-state index contributed by atoms with van der Waals surface area (Å²) in [6.45, 7) is 0.208. The Kier molecular flexibility index (Phi) is 8.27. The van der Waals surface area contributed by atoms with Gasteiger partial charge < -0.3 is 15.2 Å². The van der Waals surface area contributed by atoms with Crippen LogP contribution in [0.15, 0.2) is 64.2 Å². The molecule has 31 heavy (non-hydrogen) atoms. The first-order valence-electron chi connectivity index (χ1n) is 9.19. The van der Waals surface area contributed by atoms with Gasteiger partial charge in [0, 0.05) is 28.3 Å². The third-order valence-electron chi connectivity index (χ3n) is 4.11. The van der Waals surface area contributed by atoms with E-state index in [0.717, 1.165) is 10.0 Å². The third-order valence-corrected chi connectivity index (χ3v) is 5.96. The van der Waals surface area contributed by atoms with Crippen molar-refractivity contribution in [3.8, 4) is 0 Å². The van der Waals surface area contributed by atoms with Crippen LogP contribution in [0.5, 0.6) is 0 Å². The molecule has 0 spiro atoms. The molecular formula is C21H19BrClN5O2S. The summed E-state index contributed by atoms with van der Waals surface area (Å²) in [4.78, 5) is 24.2. The summed E-state index contributed by atoms with van der Waals surface area (Å²) < 4.78 is 2.63. The van der Waals surface area contributed by atoms with Gasteiger partial charge in [0.05, 0.1) is 12.3 Å². The van der Waals surface area contributed by atoms with Gasteiger partial charge in [-0.3, -0.25) is 9.59 Å². The molecule has 0 atom stereocenters. The van der Waals surface area contributed by atoms with Crippen LogP contribution in [0.4, 0.5) is 5.69 Å². The maximum Gasteiger partial charge on any atom is 0.244 e. The zero-order valence-electron chi connectivity index (χ0n) is 16.5. The van der Waals surface area contributed by atoms with Crippen LogP contribution in [0.1, 0.15) is 11.4 Å². The molecule has 2 amide bonds. The van der Waals surface area contributed by atoms with Gasteiger partial charge >= 0.3 is 0 Å². The number of thioether (sulfide) groups is 1. The fourth-order valence-corrected chi connectivity index (χ4v) is 3.85. The number of nitrogens with zero attached hydrogens (tertiary/aromatic N) is 3. The first-order chi connectivity index (χ1) is 14.9. The van der Waals surface area contributed by atoms with Gasteiger partial charge in [-0.15, -0.1) is 10.2 Å². The first-order valence-corrected chi connectivity index (χ1v) is 11.3. The summed E-state index contributed by atoms with van der Waals surface area (Å²) >= 11 is 10.7. The predicted molar refractivity (Wildman–Crippen MR) is 127 cm³/mol. The van der Waals surface area contributed by atoms with Gasteiger partial charge in [0.25, 0.3) is 0 Å². The number of nitrogens with one attached hydrogen (secondary N) is 2. The molecule has 0 saturated heterocycles. The molecule has 0 bridgehead atoms. The van der Waals surface area contributed by atoms with Gasteiger partial charge in [0.1, 0.15) is 0 Å². The minimum atomic E-state index is -0.273. The number of carbonyl (C=O) groups is 2. The van der Waals surface area contributed by atoms with Crippen molar-refractivity contribution in [3.63, 3.8) is 0 Å². The second-order valence-corrected chi connectivity index (χ2v) is 8.64. The quantitative estimate of drug-likeness (QED) is 0.342. The van der Waals surface area contributed by atoms with Crippen LogP contribution in [0, 0.1) is 0 Å². The van der Waals surface area contributed by atoms with Crippen LogP contribution >= 0.6 is 39.3 Å². The average Bonchev–Trinajstić information content (AvgIpc) is 3.09. The van der Waals surface area contributed by atoms with Gasteiger partial charge in [0.15, 0.2) is 11.0 Å². The monoisotopic (exact) mass is 519 g/mol. The second kappa shape index (κ2) is 11.1. The Hall–Kier alpha value is -2.62. The highest BCUT2D eigenvalue weighted by atomic mass is 79.9. The van der Waals surface area contributed by atoms with Crippen LogP contribution in [-0.4, -0.2) is 32.3 Å². The number of aromatic nitrogens is 3. The molecule has 0 unspecified atom stereocenters. The Morgan fingerprint density at radius 2 is 2.00 bits per heavy atom. The van der Waals surface area contributed by atoms with Crippen molar-refractivity contribution >= 4 is 62.9 Å². The molecule has 2 N–H and O–H groups in total. The zero-order chi connectivity index (χ0) is 22.2. The summed E-state index contributed by atoms with van der Waals surface area (Å²) in [6.07, 6.45) is 3.07. The van der Waals surface area contributed by atoms with Crippen LogP contribution < -0.4 is 10.6 Å². The van der Waals surface area contributed by atoms with Gasteiger partial charge in [-0.2, -0.15) is 0 Å². The highest BCUT2D eigenvalue weighted by Crippen LogP contribution is 2.19. The molecule has 1 heterocycles. The molecule has 160 valence electrons. The molecule has 1 aromatic heterocycles. The number of hydrogen-bond acceptors (Lipinski definition) is 5. The molecule has 7 nitrogen and oxygen atoms in total. The SMILES string of the molecule is Cn1c(CNC(=O)/C=C/c2ccccc2Cl)nnc1SCC(=O)Nc1cccc(Br)c1. The number of amides is 2. The van der Waals surface area contributed by atoms with Crippen molar-refractivity contribution in [1.29, 1.82) is 0 Å². The molecule has 0 aliphatic rings. The Morgan fingerprint density at radius 1 is 1.19 bits per heavy atom. The topological polar surface area (TPSA) is 88.9 Å². The van der Waals surface area contributed by atoms with Crippen molar-refractivity contribution in [3.05, 3.63) is 75.5 Å². The third kappa shape index (κ3) is 6.95. The second-order valence-electron chi connectivity index (χ2n) is 6.38. The minimum Gasteiger partial charge on any atom is -0.345 e. The summed E-state index contributed by atoms with van der Waals surface area (Å²) in [6, 6.07) is 14.6. The number of benzene rings is 2. The van der Waals surface area contributed by atoms with Crippen LogP contribution in [0.2, 0.25) is 5.02 Å². The van der Waals surface area contributed by atoms with E-state index in [1.165, 1.54) is 17.8 Å². The summed E-state index contributed by atoms with van der Waals surface area (Å²) in [7, 11) is 1.79. The van der Waals surface area contributed by atoms with E-state index in [2.05, 4.69) is 36.8 Å². The lowest BCUT2D eigenvalue weighted by Gasteiger charge is -2.06. The highest BCUT2D eigenvalue weighted by molar-refractivity contribution is 9.10. The Balaban J connectivity index is 1.49. The van der Waals surface area contributed by atoms with E-state index in [-0.39, 0.29) is 24.1 Å². The zero-order valence-corrected chi connectivity index (χ0v) is 19.7. The van der Waals surface area contributed by atoms with E-state index in [4.69, 9.17) is 11.6 Å². The van der Waals surface area contributed by atoms with Crippen LogP contribution in [0.25, 0.3) is 6.08 Å². The molecule has 0 radical (unpaired) electrons. The van der Waals surface area contributed by atoms with E-state index >= 15 is 0 Å². The Labute approximate surface area is 197 Å². The molecule has 0 fully saturated rings. The lowest BCUT2D eigenvalue weighted by Crippen LogP contribution is -2.22. The Morgan fingerprint density at radius 3 is 2.77 bits per heavy atom. The normalized spacial score (nSPS) is 10.9. The van der Waals surface area contributed by atoms with Gasteiger partial charge in [0.2, 0.25) is 11.8 Å².